The van der Waals surface area contributed by atoms with Crippen molar-refractivity contribution < 1.29 is 80.2 Å². The van der Waals surface area contributed by atoms with E-state index < -0.39 is 97.5 Å². The first-order valence-corrected chi connectivity index (χ1v) is 44.5. The third-order valence-corrected chi connectivity index (χ3v) is 21.0. The van der Waals surface area contributed by atoms with Crippen molar-refractivity contribution in [2.45, 2.75) is 439 Å². The largest absolute Gasteiger partial charge is 0.472 e. The van der Waals surface area contributed by atoms with E-state index in [9.17, 15) is 43.2 Å². The predicted octanol–water partition coefficient (Wildman–Crippen LogP) is 23.9. The monoisotopic (exact) mass is 1450 g/mol. The number of phosphoric ester groups is 2. The fourth-order valence-corrected chi connectivity index (χ4v) is 13.9. The first kappa shape index (κ1) is 97.1. The smallest absolute Gasteiger partial charge is 0.462 e. The summed E-state index contributed by atoms with van der Waals surface area (Å²) >= 11 is 0. The van der Waals surface area contributed by atoms with Crippen LogP contribution in [0.15, 0.2) is 0 Å². The molecule has 0 aliphatic heterocycles. The van der Waals surface area contributed by atoms with Gasteiger partial charge in [-0.15, -0.1) is 0 Å². The van der Waals surface area contributed by atoms with Crippen molar-refractivity contribution in [2.75, 3.05) is 39.6 Å². The third kappa shape index (κ3) is 72.8. The van der Waals surface area contributed by atoms with E-state index in [2.05, 4.69) is 41.5 Å². The molecule has 0 bridgehead atoms. The van der Waals surface area contributed by atoms with Gasteiger partial charge in [0.05, 0.1) is 26.4 Å². The molecule has 0 radical (unpaired) electrons. The van der Waals surface area contributed by atoms with Gasteiger partial charge in [0.25, 0.3) is 0 Å². The molecule has 0 heterocycles. The van der Waals surface area contributed by atoms with Crippen LogP contribution >= 0.6 is 15.6 Å². The Morgan fingerprint density at radius 3 is 0.768 bits per heavy atom. The van der Waals surface area contributed by atoms with Crippen molar-refractivity contribution in [3.63, 3.8) is 0 Å². The average Bonchev–Trinajstić information content (AvgIpc) is 2.54. The normalized spacial score (nSPS) is 14.2. The lowest BCUT2D eigenvalue weighted by Crippen LogP contribution is -2.30. The van der Waals surface area contributed by atoms with Gasteiger partial charge in [0.1, 0.15) is 19.3 Å². The van der Waals surface area contributed by atoms with E-state index in [-0.39, 0.29) is 25.7 Å². The number of carbonyl (C=O) groups is 4. The maximum atomic E-state index is 13.1. The van der Waals surface area contributed by atoms with Gasteiger partial charge in [-0.2, -0.15) is 0 Å². The van der Waals surface area contributed by atoms with E-state index in [1.54, 1.807) is 0 Å². The highest BCUT2D eigenvalue weighted by Crippen LogP contribution is 2.45. The van der Waals surface area contributed by atoms with Crippen LogP contribution in [0.2, 0.25) is 0 Å². The van der Waals surface area contributed by atoms with E-state index in [4.69, 9.17) is 37.0 Å². The Bertz CT molecular complexity index is 1910. The number of rotatable bonds is 79. The van der Waals surface area contributed by atoms with Crippen LogP contribution in [0.25, 0.3) is 0 Å². The average molecular weight is 1450 g/mol. The molecule has 99 heavy (non-hydrogen) atoms. The number of hydrogen-bond donors (Lipinski definition) is 3. The molecule has 6 atom stereocenters. The summed E-state index contributed by atoms with van der Waals surface area (Å²) in [6, 6.07) is 0. The molecule has 19 heteroatoms. The van der Waals surface area contributed by atoms with E-state index in [1.165, 1.54) is 231 Å². The lowest BCUT2D eigenvalue weighted by Gasteiger charge is -2.21. The van der Waals surface area contributed by atoms with Gasteiger partial charge in [-0.05, 0) is 37.5 Å². The number of unbranched alkanes of at least 4 members (excludes halogenated alkanes) is 48. The van der Waals surface area contributed by atoms with Gasteiger partial charge >= 0.3 is 39.5 Å². The molecular formula is C80H156O17P2. The Kier molecular flexibility index (Phi) is 70.3. The van der Waals surface area contributed by atoms with Crippen molar-refractivity contribution in [1.29, 1.82) is 0 Å². The summed E-state index contributed by atoms with van der Waals surface area (Å²) in [6.45, 7) is 9.63. The Morgan fingerprint density at radius 1 is 0.293 bits per heavy atom. The van der Waals surface area contributed by atoms with E-state index in [0.29, 0.717) is 25.7 Å². The van der Waals surface area contributed by atoms with Crippen LogP contribution in [-0.4, -0.2) is 96.7 Å². The van der Waals surface area contributed by atoms with E-state index in [0.717, 1.165) is 108 Å². The number of hydrogen-bond acceptors (Lipinski definition) is 15. The van der Waals surface area contributed by atoms with Gasteiger partial charge in [-0.1, -0.05) is 369 Å². The number of esters is 4. The Balaban J connectivity index is 5.18. The highest BCUT2D eigenvalue weighted by atomic mass is 31.2. The lowest BCUT2D eigenvalue weighted by atomic mass is 9.99. The molecule has 0 aliphatic rings. The number of aliphatic hydroxyl groups excluding tert-OH is 1. The second-order valence-corrected chi connectivity index (χ2v) is 32.4. The number of phosphoric acid groups is 2. The highest BCUT2D eigenvalue weighted by Gasteiger charge is 2.30. The second-order valence-electron chi connectivity index (χ2n) is 29.5. The van der Waals surface area contributed by atoms with Gasteiger partial charge in [0.2, 0.25) is 0 Å². The molecule has 17 nitrogen and oxygen atoms in total. The van der Waals surface area contributed by atoms with Gasteiger partial charge in [-0.3, -0.25) is 37.3 Å². The van der Waals surface area contributed by atoms with Crippen molar-refractivity contribution in [3.05, 3.63) is 0 Å². The molecule has 3 N–H and O–H groups in total. The Morgan fingerprint density at radius 2 is 0.515 bits per heavy atom. The van der Waals surface area contributed by atoms with Crippen LogP contribution in [0.5, 0.6) is 0 Å². The molecule has 0 saturated carbocycles. The second kappa shape index (κ2) is 71.7. The molecule has 0 saturated heterocycles. The van der Waals surface area contributed by atoms with Crippen LogP contribution < -0.4 is 0 Å². The minimum absolute atomic E-state index is 0.106. The van der Waals surface area contributed by atoms with E-state index in [1.807, 2.05) is 0 Å². The molecule has 3 unspecified atom stereocenters. The zero-order valence-corrected chi connectivity index (χ0v) is 66.6. The fraction of sp³-hybridized carbons (Fsp3) is 0.950. The summed E-state index contributed by atoms with van der Waals surface area (Å²) < 4.78 is 68.6. The summed E-state index contributed by atoms with van der Waals surface area (Å²) in [5.74, 6) is -0.529. The molecule has 0 spiro atoms. The molecule has 0 aromatic heterocycles. The quantitative estimate of drug-likeness (QED) is 0.0222. The highest BCUT2D eigenvalue weighted by molar-refractivity contribution is 7.47. The van der Waals surface area contributed by atoms with Gasteiger partial charge < -0.3 is 33.8 Å². The van der Waals surface area contributed by atoms with Crippen molar-refractivity contribution in [3.8, 4) is 0 Å². The lowest BCUT2D eigenvalue weighted by molar-refractivity contribution is -0.161. The molecule has 0 aliphatic carbocycles. The van der Waals surface area contributed by atoms with Crippen molar-refractivity contribution >= 4 is 39.5 Å². The molecule has 0 aromatic carbocycles. The van der Waals surface area contributed by atoms with Crippen molar-refractivity contribution in [2.24, 2.45) is 11.8 Å². The summed E-state index contributed by atoms with van der Waals surface area (Å²) in [5, 5.41) is 10.6. The van der Waals surface area contributed by atoms with Gasteiger partial charge in [-0.25, -0.2) is 9.13 Å². The number of carbonyl (C=O) groups excluding carboxylic acids is 4. The summed E-state index contributed by atoms with van der Waals surface area (Å²) in [4.78, 5) is 72.9. The predicted molar refractivity (Wildman–Crippen MR) is 405 cm³/mol. The SMILES string of the molecule is CCCCCCCCCCCCCCCCCCCCCCCCC(=O)O[C@H](COC(=O)CCCCCCCCCCCCCCC(C)C)COP(=O)(O)OC[C@@H](O)COP(=O)(O)OC[C@@H](COC(=O)CCCCCCCCCC)OC(=O)CCCCCCCCCCCCC(C)CC. The van der Waals surface area contributed by atoms with Crippen LogP contribution in [0, 0.1) is 11.8 Å². The van der Waals surface area contributed by atoms with E-state index >= 15 is 0 Å². The summed E-state index contributed by atoms with van der Waals surface area (Å²) in [7, 11) is -9.91. The number of ether oxygens (including phenoxy) is 4. The summed E-state index contributed by atoms with van der Waals surface area (Å²) in [5.41, 5.74) is 0. The Labute approximate surface area is 607 Å². The fourth-order valence-electron chi connectivity index (χ4n) is 12.3. The zero-order valence-electron chi connectivity index (χ0n) is 64.8. The molecule has 0 fully saturated rings. The molecule has 0 aromatic rings. The topological polar surface area (TPSA) is 237 Å². The maximum absolute atomic E-state index is 13.1. The first-order valence-electron chi connectivity index (χ1n) is 41.5. The van der Waals surface area contributed by atoms with Crippen molar-refractivity contribution in [1.82, 2.24) is 0 Å². The molecule has 588 valence electrons. The maximum Gasteiger partial charge on any atom is 0.472 e. The number of aliphatic hydroxyl groups is 1. The van der Waals surface area contributed by atoms with Crippen LogP contribution in [-0.2, 0) is 65.4 Å². The standard InChI is InChI=1S/C80H156O17P2/c1-7-10-12-14-16-18-19-20-21-22-23-24-25-26-27-28-29-34-40-46-52-58-64-79(84)97-76(69-91-78(83)63-57-51-45-39-33-31-30-32-37-42-48-54-60-72(4)5)71-95-99(88,89)93-67-74(81)66-92-98(86,87)94-70-75(68-90-77(82)62-56-50-44-17-15-13-11-8-2)96-80(85)65-59-53-47-41-36-35-38-43-49-55-61-73(6)9-3/h72-76,81H,7-71H2,1-6H3,(H,86,87)(H,88,89)/t73?,74-,75+,76+/m0/s1. The molecule has 0 rings (SSSR count). The van der Waals surface area contributed by atoms with Crippen LogP contribution in [0.4, 0.5) is 0 Å². The zero-order chi connectivity index (χ0) is 72.8. The molecule has 0 amide bonds. The van der Waals surface area contributed by atoms with Gasteiger partial charge in [0.15, 0.2) is 12.2 Å². The van der Waals surface area contributed by atoms with Crippen LogP contribution in [0.3, 0.4) is 0 Å². The Hall–Kier alpha value is -1.94. The third-order valence-electron chi connectivity index (χ3n) is 19.1. The minimum Gasteiger partial charge on any atom is -0.462 e. The van der Waals surface area contributed by atoms with Gasteiger partial charge in [0, 0.05) is 25.7 Å². The molecular weight excluding hydrogens is 1290 g/mol. The first-order chi connectivity index (χ1) is 47.9. The van der Waals surface area contributed by atoms with Crippen LogP contribution in [0.1, 0.15) is 420 Å². The minimum atomic E-state index is -4.96. The summed E-state index contributed by atoms with van der Waals surface area (Å²) in [6.07, 6.45) is 61.2.